The van der Waals surface area contributed by atoms with Crippen molar-refractivity contribution >= 4 is 7.25 Å². The van der Waals surface area contributed by atoms with Crippen LogP contribution in [0.25, 0.3) is 0 Å². The van der Waals surface area contributed by atoms with Gasteiger partial charge < -0.3 is 31.2 Å². The summed E-state index contributed by atoms with van der Waals surface area (Å²) >= 11 is 0. The van der Waals surface area contributed by atoms with Gasteiger partial charge in [0, 0.05) is 7.11 Å². The molecule has 0 aliphatic heterocycles. The molecule has 0 rings (SSSR count). The molecule has 0 saturated carbocycles. The summed E-state index contributed by atoms with van der Waals surface area (Å²) in [4.78, 5) is 0. The molecule has 0 N–H and O–H groups in total. The van der Waals surface area contributed by atoms with Crippen LogP contribution in [0.5, 0.6) is 0 Å². The van der Waals surface area contributed by atoms with Gasteiger partial charge in [0.15, 0.2) is 0 Å². The molecular weight excluding hydrogens is 241 g/mol. The summed E-state index contributed by atoms with van der Waals surface area (Å²) in [6, 6.07) is 0. The van der Waals surface area contributed by atoms with Crippen molar-refractivity contribution in [3.05, 3.63) is 0 Å². The molecule has 0 radical (unpaired) electrons. The van der Waals surface area contributed by atoms with Crippen molar-refractivity contribution in [3.8, 4) is 0 Å². The zero-order valence-corrected chi connectivity index (χ0v) is 10.9. The highest BCUT2D eigenvalue weighted by molar-refractivity contribution is 6.50. The first-order chi connectivity index (χ1) is 7.62. The number of methoxy groups -OCH3 is 1. The lowest BCUT2D eigenvalue weighted by Crippen LogP contribution is -2.42. The number of rotatable bonds is 7. The largest absolute Gasteiger partial charge is 0.673 e. The molecule has 0 aliphatic carbocycles. The van der Waals surface area contributed by atoms with Gasteiger partial charge in [-0.25, -0.2) is 0 Å². The Bertz CT molecular complexity index is 173. The molecule has 0 saturated heterocycles. The number of nitrogens with zero attached hydrogens (tertiary/aromatic N) is 1. The van der Waals surface area contributed by atoms with E-state index in [1.807, 2.05) is 0 Å². The van der Waals surface area contributed by atoms with E-state index in [1.165, 1.54) is 0 Å². The molecular formula is C9H22BF4NO2. The number of halogens is 4. The lowest BCUT2D eigenvalue weighted by molar-refractivity contribution is -0.888. The number of ether oxygens (including phenoxy) is 2. The molecule has 0 aromatic carbocycles. The van der Waals surface area contributed by atoms with Gasteiger partial charge in [0.1, 0.15) is 6.54 Å². The number of hydrogen-bond acceptors (Lipinski definition) is 2. The lowest BCUT2D eigenvalue weighted by Gasteiger charge is -2.27. The Morgan fingerprint density at radius 2 is 1.47 bits per heavy atom. The Morgan fingerprint density at radius 1 is 1.00 bits per heavy atom. The van der Waals surface area contributed by atoms with E-state index < -0.39 is 7.25 Å². The van der Waals surface area contributed by atoms with Crippen LogP contribution in [0.4, 0.5) is 17.3 Å². The first-order valence-electron chi connectivity index (χ1n) is 5.38. The van der Waals surface area contributed by atoms with Crippen LogP contribution >= 0.6 is 0 Å². The van der Waals surface area contributed by atoms with Crippen molar-refractivity contribution in [1.82, 2.24) is 0 Å². The molecule has 0 spiro atoms. The molecule has 0 heterocycles. The second-order valence-corrected chi connectivity index (χ2v) is 4.08. The maximum Gasteiger partial charge on any atom is 0.673 e. The highest BCUT2D eigenvalue weighted by Gasteiger charge is 2.20. The normalized spacial score (nSPS) is 12.0. The van der Waals surface area contributed by atoms with Gasteiger partial charge in [0.2, 0.25) is 0 Å². The molecule has 0 fully saturated rings. The van der Waals surface area contributed by atoms with Crippen LogP contribution in [-0.2, 0) is 9.47 Å². The second kappa shape index (κ2) is 9.67. The van der Waals surface area contributed by atoms with E-state index in [2.05, 4.69) is 21.0 Å². The zero-order chi connectivity index (χ0) is 13.9. The molecule has 0 unspecified atom stereocenters. The van der Waals surface area contributed by atoms with E-state index in [0.29, 0.717) is 13.2 Å². The van der Waals surface area contributed by atoms with Gasteiger partial charge in [-0.2, -0.15) is 0 Å². The molecule has 0 bridgehead atoms. The van der Waals surface area contributed by atoms with Crippen molar-refractivity contribution in [3.63, 3.8) is 0 Å². The van der Waals surface area contributed by atoms with Crippen LogP contribution in [0.1, 0.15) is 6.92 Å². The SMILES string of the molecule is CC[N+](C)(C)CCOCCOC.F[B-](F)(F)F. The Kier molecular flexibility index (Phi) is 10.8. The first kappa shape index (κ1) is 19.0. The second-order valence-electron chi connectivity index (χ2n) is 4.08. The molecule has 0 aromatic heterocycles. The third-order valence-electron chi connectivity index (χ3n) is 2.13. The van der Waals surface area contributed by atoms with Gasteiger partial charge in [-0.1, -0.05) is 0 Å². The third-order valence-corrected chi connectivity index (χ3v) is 2.13. The van der Waals surface area contributed by atoms with E-state index >= 15 is 0 Å². The molecule has 0 aliphatic rings. The van der Waals surface area contributed by atoms with E-state index in [9.17, 15) is 17.3 Å². The molecule has 17 heavy (non-hydrogen) atoms. The Hall–Kier alpha value is -0.335. The predicted molar refractivity (Wildman–Crippen MR) is 60.4 cm³/mol. The van der Waals surface area contributed by atoms with E-state index in [4.69, 9.17) is 9.47 Å². The molecule has 106 valence electrons. The molecule has 3 nitrogen and oxygen atoms in total. The fraction of sp³-hybridized carbons (Fsp3) is 1.00. The molecule has 8 heteroatoms. The van der Waals surface area contributed by atoms with Crippen molar-refractivity contribution in [1.29, 1.82) is 0 Å². The van der Waals surface area contributed by atoms with Crippen molar-refractivity contribution in [2.24, 2.45) is 0 Å². The summed E-state index contributed by atoms with van der Waals surface area (Å²) in [6.07, 6.45) is 0. The topological polar surface area (TPSA) is 18.5 Å². The zero-order valence-electron chi connectivity index (χ0n) is 10.9. The van der Waals surface area contributed by atoms with Gasteiger partial charge in [-0.05, 0) is 6.92 Å². The third kappa shape index (κ3) is 25.7. The maximum absolute atomic E-state index is 9.75. The molecule has 0 atom stereocenters. The van der Waals surface area contributed by atoms with Crippen molar-refractivity contribution in [2.75, 3.05) is 54.1 Å². The Balaban J connectivity index is 0. The summed E-state index contributed by atoms with van der Waals surface area (Å²) < 4.78 is 50.3. The maximum atomic E-state index is 9.75. The quantitative estimate of drug-likeness (QED) is 0.303. The minimum Gasteiger partial charge on any atom is -0.418 e. The van der Waals surface area contributed by atoms with E-state index in [0.717, 1.165) is 24.2 Å². The van der Waals surface area contributed by atoms with E-state index in [1.54, 1.807) is 7.11 Å². The summed E-state index contributed by atoms with van der Waals surface area (Å²) in [5, 5.41) is 0. The monoisotopic (exact) mass is 263 g/mol. The number of hydrogen-bond donors (Lipinski definition) is 0. The Morgan fingerprint density at radius 3 is 1.82 bits per heavy atom. The summed E-state index contributed by atoms with van der Waals surface area (Å²) in [6.45, 7) is 6.63. The summed E-state index contributed by atoms with van der Waals surface area (Å²) in [5.41, 5.74) is 0. The van der Waals surface area contributed by atoms with Crippen LogP contribution in [0.2, 0.25) is 0 Å². The van der Waals surface area contributed by atoms with Gasteiger partial charge >= 0.3 is 7.25 Å². The van der Waals surface area contributed by atoms with Crippen LogP contribution < -0.4 is 0 Å². The van der Waals surface area contributed by atoms with Crippen LogP contribution in [-0.4, -0.2) is 65.9 Å². The van der Waals surface area contributed by atoms with Gasteiger partial charge in [0.25, 0.3) is 0 Å². The number of quaternary nitrogens is 1. The van der Waals surface area contributed by atoms with Gasteiger partial charge in [0.05, 0.1) is 40.5 Å². The van der Waals surface area contributed by atoms with E-state index in [-0.39, 0.29) is 0 Å². The van der Waals surface area contributed by atoms with Crippen LogP contribution in [0, 0.1) is 0 Å². The van der Waals surface area contributed by atoms with Gasteiger partial charge in [-0.15, -0.1) is 0 Å². The lowest BCUT2D eigenvalue weighted by atomic mass is 10.3. The van der Waals surface area contributed by atoms with Crippen molar-refractivity contribution in [2.45, 2.75) is 6.92 Å². The predicted octanol–water partition coefficient (Wildman–Crippen LogP) is 2.05. The van der Waals surface area contributed by atoms with Crippen molar-refractivity contribution < 1.29 is 31.2 Å². The average Bonchev–Trinajstić information content (AvgIpc) is 2.15. The first-order valence-corrected chi connectivity index (χ1v) is 5.38. The fourth-order valence-corrected chi connectivity index (χ4v) is 0.714. The van der Waals surface area contributed by atoms with Gasteiger partial charge in [-0.3, -0.25) is 0 Å². The highest BCUT2D eigenvalue weighted by Crippen LogP contribution is 2.06. The minimum atomic E-state index is -6.00. The number of likely N-dealkylation sites (N-methyl/N-ethyl adjacent to an activating group) is 1. The average molecular weight is 263 g/mol. The molecule has 0 amide bonds. The fourth-order valence-electron chi connectivity index (χ4n) is 0.714. The smallest absolute Gasteiger partial charge is 0.418 e. The highest BCUT2D eigenvalue weighted by atomic mass is 19.5. The molecule has 0 aromatic rings. The summed E-state index contributed by atoms with van der Waals surface area (Å²) in [5.74, 6) is 0. The Labute approximate surface area is 100 Å². The summed E-state index contributed by atoms with van der Waals surface area (Å²) in [7, 11) is 0.106. The van der Waals surface area contributed by atoms with Crippen LogP contribution in [0.3, 0.4) is 0 Å². The van der Waals surface area contributed by atoms with Crippen LogP contribution in [0.15, 0.2) is 0 Å². The standard InChI is InChI=1S/C9H22NO2.BF4/c1-5-10(2,3)6-7-12-9-8-11-4;2-1(3,4)5/h5-9H2,1-4H3;/q+1;-1. The minimum absolute atomic E-state index is 0.694.